The average Bonchev–Trinajstić information content (AvgIpc) is 2.95. The Bertz CT molecular complexity index is 453. The number of hydrogen-bond acceptors (Lipinski definition) is 2. The van der Waals surface area contributed by atoms with Gasteiger partial charge in [0.2, 0.25) is 5.90 Å². The second kappa shape index (κ2) is 5.66. The molecule has 1 aliphatic carbocycles. The molecule has 0 amide bonds. The molecule has 2 nitrogen and oxygen atoms in total. The highest BCUT2D eigenvalue weighted by molar-refractivity contribution is 9.09. The normalized spacial score (nSPS) is 27.9. The van der Waals surface area contributed by atoms with Crippen LogP contribution in [0.2, 0.25) is 0 Å². The molecule has 0 unspecified atom stereocenters. The summed E-state index contributed by atoms with van der Waals surface area (Å²) in [5.41, 5.74) is 0.993. The standard InChI is InChI=1S/C16H20BrNO/c17-11-16(14-9-5-2-6-10-14)12-18-15(19-16)13-7-3-1-4-8-13/h1,3-4,7-8,14H,2,5-6,9-12H2/t16-/m0/s1. The van der Waals surface area contributed by atoms with Crippen LogP contribution in [-0.2, 0) is 4.74 Å². The molecule has 2 aliphatic rings. The van der Waals surface area contributed by atoms with E-state index in [1.807, 2.05) is 18.2 Å². The van der Waals surface area contributed by atoms with Gasteiger partial charge in [0.15, 0.2) is 0 Å². The fourth-order valence-electron chi connectivity index (χ4n) is 3.21. The number of ether oxygens (including phenoxy) is 1. The first-order valence-corrected chi connectivity index (χ1v) is 8.31. The quantitative estimate of drug-likeness (QED) is 0.765. The molecule has 1 heterocycles. The van der Waals surface area contributed by atoms with Crippen molar-refractivity contribution in [2.75, 3.05) is 11.9 Å². The summed E-state index contributed by atoms with van der Waals surface area (Å²) in [6.07, 6.45) is 6.61. The van der Waals surface area contributed by atoms with Crippen molar-refractivity contribution in [1.29, 1.82) is 0 Å². The highest BCUT2D eigenvalue weighted by Gasteiger charge is 2.44. The lowest BCUT2D eigenvalue weighted by Gasteiger charge is -2.37. The Morgan fingerprint density at radius 3 is 2.58 bits per heavy atom. The molecule has 0 spiro atoms. The summed E-state index contributed by atoms with van der Waals surface area (Å²) in [4.78, 5) is 4.67. The zero-order chi connectivity index (χ0) is 13.1. The van der Waals surface area contributed by atoms with Crippen molar-refractivity contribution in [3.63, 3.8) is 0 Å². The van der Waals surface area contributed by atoms with Crippen LogP contribution < -0.4 is 0 Å². The molecule has 102 valence electrons. The van der Waals surface area contributed by atoms with Crippen LogP contribution >= 0.6 is 15.9 Å². The van der Waals surface area contributed by atoms with E-state index >= 15 is 0 Å². The van der Waals surface area contributed by atoms with Gasteiger partial charge in [0.05, 0.1) is 6.54 Å². The van der Waals surface area contributed by atoms with E-state index in [0.29, 0.717) is 5.92 Å². The monoisotopic (exact) mass is 321 g/mol. The molecule has 0 N–H and O–H groups in total. The number of rotatable bonds is 3. The Balaban J connectivity index is 1.77. The summed E-state index contributed by atoms with van der Waals surface area (Å²) in [6.45, 7) is 0.799. The van der Waals surface area contributed by atoms with E-state index in [1.165, 1.54) is 32.1 Å². The van der Waals surface area contributed by atoms with Gasteiger partial charge in [-0.3, -0.25) is 0 Å². The predicted molar refractivity (Wildman–Crippen MR) is 82.0 cm³/mol. The van der Waals surface area contributed by atoms with Gasteiger partial charge in [-0.15, -0.1) is 0 Å². The number of nitrogens with zero attached hydrogens (tertiary/aromatic N) is 1. The molecule has 1 saturated carbocycles. The largest absolute Gasteiger partial charge is 0.468 e. The summed E-state index contributed by atoms with van der Waals surface area (Å²) in [6, 6.07) is 10.2. The van der Waals surface area contributed by atoms with E-state index in [9.17, 15) is 0 Å². The van der Waals surface area contributed by atoms with E-state index in [-0.39, 0.29) is 5.60 Å². The number of hydrogen-bond donors (Lipinski definition) is 0. The maximum absolute atomic E-state index is 6.33. The number of halogens is 1. The first kappa shape index (κ1) is 13.2. The fourth-order valence-corrected chi connectivity index (χ4v) is 3.96. The number of benzene rings is 1. The van der Waals surface area contributed by atoms with Crippen molar-refractivity contribution >= 4 is 21.8 Å². The lowest BCUT2D eigenvalue weighted by atomic mass is 9.78. The summed E-state index contributed by atoms with van der Waals surface area (Å²) in [7, 11) is 0. The zero-order valence-corrected chi connectivity index (χ0v) is 12.7. The third-order valence-electron chi connectivity index (χ3n) is 4.39. The molecule has 1 atom stereocenters. The van der Waals surface area contributed by atoms with E-state index in [0.717, 1.165) is 23.3 Å². The summed E-state index contributed by atoms with van der Waals surface area (Å²) >= 11 is 3.67. The van der Waals surface area contributed by atoms with Gasteiger partial charge in [-0.25, -0.2) is 4.99 Å². The SMILES string of the molecule is BrC[C@@]1(C2CCCCC2)CN=C(c2ccccc2)O1. The van der Waals surface area contributed by atoms with Crippen LogP contribution in [-0.4, -0.2) is 23.4 Å². The van der Waals surface area contributed by atoms with Crippen molar-refractivity contribution < 1.29 is 4.74 Å². The van der Waals surface area contributed by atoms with Gasteiger partial charge in [-0.1, -0.05) is 53.4 Å². The molecule has 1 fully saturated rings. The van der Waals surface area contributed by atoms with Crippen LogP contribution in [0, 0.1) is 5.92 Å². The third kappa shape index (κ3) is 2.58. The minimum atomic E-state index is -0.106. The molecule has 0 radical (unpaired) electrons. The lowest BCUT2D eigenvalue weighted by Crippen LogP contribution is -2.44. The average molecular weight is 322 g/mol. The van der Waals surface area contributed by atoms with E-state index < -0.39 is 0 Å². The molecule has 1 aromatic carbocycles. The van der Waals surface area contributed by atoms with Crippen LogP contribution in [0.4, 0.5) is 0 Å². The summed E-state index contributed by atoms with van der Waals surface area (Å²) in [5, 5.41) is 0.879. The molecule has 0 bridgehead atoms. The third-order valence-corrected chi connectivity index (χ3v) is 5.34. The molecule has 1 aliphatic heterocycles. The van der Waals surface area contributed by atoms with Gasteiger partial charge in [0, 0.05) is 16.8 Å². The minimum absolute atomic E-state index is 0.106. The predicted octanol–water partition coefficient (Wildman–Crippen LogP) is 4.18. The Morgan fingerprint density at radius 1 is 1.16 bits per heavy atom. The molecular formula is C16H20BrNO. The topological polar surface area (TPSA) is 21.6 Å². The Hall–Kier alpha value is -0.830. The van der Waals surface area contributed by atoms with Gasteiger partial charge in [-0.2, -0.15) is 0 Å². The van der Waals surface area contributed by atoms with Gasteiger partial charge < -0.3 is 4.74 Å². The first-order chi connectivity index (χ1) is 9.34. The van der Waals surface area contributed by atoms with Gasteiger partial charge >= 0.3 is 0 Å². The van der Waals surface area contributed by atoms with Crippen molar-refractivity contribution in [3.05, 3.63) is 35.9 Å². The maximum atomic E-state index is 6.33. The van der Waals surface area contributed by atoms with Gasteiger partial charge in [-0.05, 0) is 25.0 Å². The summed E-state index contributed by atoms with van der Waals surface area (Å²) in [5.74, 6) is 1.47. The highest BCUT2D eigenvalue weighted by Crippen LogP contribution is 2.39. The molecule has 19 heavy (non-hydrogen) atoms. The Kier molecular flexibility index (Phi) is 3.92. The fraction of sp³-hybridized carbons (Fsp3) is 0.562. The zero-order valence-electron chi connectivity index (χ0n) is 11.1. The maximum Gasteiger partial charge on any atom is 0.216 e. The smallest absolute Gasteiger partial charge is 0.216 e. The van der Waals surface area contributed by atoms with Crippen LogP contribution in [0.3, 0.4) is 0 Å². The van der Waals surface area contributed by atoms with Gasteiger partial charge in [0.25, 0.3) is 0 Å². The molecule has 3 heteroatoms. The molecular weight excluding hydrogens is 302 g/mol. The Labute approximate surface area is 123 Å². The number of alkyl halides is 1. The van der Waals surface area contributed by atoms with Crippen LogP contribution in [0.1, 0.15) is 37.7 Å². The van der Waals surface area contributed by atoms with Crippen molar-refractivity contribution in [2.24, 2.45) is 10.9 Å². The summed E-state index contributed by atoms with van der Waals surface area (Å²) < 4.78 is 6.33. The van der Waals surface area contributed by atoms with Crippen LogP contribution in [0.25, 0.3) is 0 Å². The minimum Gasteiger partial charge on any atom is -0.468 e. The molecule has 0 aromatic heterocycles. The Morgan fingerprint density at radius 2 is 1.89 bits per heavy atom. The van der Waals surface area contributed by atoms with Crippen molar-refractivity contribution in [3.8, 4) is 0 Å². The second-order valence-corrected chi connectivity index (χ2v) is 6.18. The molecule has 0 saturated heterocycles. The van der Waals surface area contributed by atoms with E-state index in [2.05, 4.69) is 33.1 Å². The van der Waals surface area contributed by atoms with Crippen molar-refractivity contribution in [1.82, 2.24) is 0 Å². The molecule has 3 rings (SSSR count). The van der Waals surface area contributed by atoms with Crippen LogP contribution in [0.5, 0.6) is 0 Å². The second-order valence-electron chi connectivity index (χ2n) is 5.62. The highest BCUT2D eigenvalue weighted by atomic mass is 79.9. The lowest BCUT2D eigenvalue weighted by molar-refractivity contribution is 0.0293. The first-order valence-electron chi connectivity index (χ1n) is 7.19. The number of aliphatic imine (C=N–C) groups is 1. The van der Waals surface area contributed by atoms with Crippen molar-refractivity contribution in [2.45, 2.75) is 37.7 Å². The van der Waals surface area contributed by atoms with Crippen LogP contribution in [0.15, 0.2) is 35.3 Å². The van der Waals surface area contributed by atoms with E-state index in [1.54, 1.807) is 0 Å². The van der Waals surface area contributed by atoms with Gasteiger partial charge in [0.1, 0.15) is 5.60 Å². The van der Waals surface area contributed by atoms with E-state index in [4.69, 9.17) is 4.74 Å². The molecule has 1 aromatic rings.